The predicted molar refractivity (Wildman–Crippen MR) is 73.1 cm³/mol. The SMILES string of the molecule is COc1ccccc1-c1cc(C2CCCCN2)no1. The van der Waals surface area contributed by atoms with Crippen molar-refractivity contribution in [1.29, 1.82) is 0 Å². The molecule has 0 radical (unpaired) electrons. The van der Waals surface area contributed by atoms with Crippen molar-refractivity contribution < 1.29 is 9.26 Å². The second kappa shape index (κ2) is 5.45. The quantitative estimate of drug-likeness (QED) is 0.918. The molecule has 0 bridgehead atoms. The lowest BCUT2D eigenvalue weighted by Crippen LogP contribution is -2.26. The lowest BCUT2D eigenvalue weighted by molar-refractivity contribution is 0.366. The molecule has 1 fully saturated rings. The molecule has 1 atom stereocenters. The number of nitrogens with one attached hydrogen (secondary N) is 1. The van der Waals surface area contributed by atoms with E-state index in [0.29, 0.717) is 6.04 Å². The maximum Gasteiger partial charge on any atom is 0.170 e. The zero-order valence-electron chi connectivity index (χ0n) is 11.1. The molecule has 1 saturated heterocycles. The van der Waals surface area contributed by atoms with Crippen LogP contribution in [0.5, 0.6) is 5.75 Å². The van der Waals surface area contributed by atoms with Gasteiger partial charge in [-0.3, -0.25) is 0 Å². The molecule has 1 aromatic carbocycles. The number of ether oxygens (including phenoxy) is 1. The number of hydrogen-bond acceptors (Lipinski definition) is 4. The van der Waals surface area contributed by atoms with Crippen LogP contribution in [0.25, 0.3) is 11.3 Å². The highest BCUT2D eigenvalue weighted by Crippen LogP contribution is 2.32. The monoisotopic (exact) mass is 258 g/mol. The molecule has 0 amide bonds. The highest BCUT2D eigenvalue weighted by atomic mass is 16.5. The first-order chi connectivity index (χ1) is 9.38. The van der Waals surface area contributed by atoms with E-state index in [1.807, 2.05) is 30.3 Å². The van der Waals surface area contributed by atoms with Crippen molar-refractivity contribution in [2.45, 2.75) is 25.3 Å². The first kappa shape index (κ1) is 12.2. The molecule has 2 heterocycles. The molecule has 0 aliphatic carbocycles. The molecule has 4 nitrogen and oxygen atoms in total. The minimum Gasteiger partial charge on any atom is -0.496 e. The van der Waals surface area contributed by atoms with Crippen LogP contribution in [0.3, 0.4) is 0 Å². The highest BCUT2D eigenvalue weighted by molar-refractivity contribution is 5.65. The van der Waals surface area contributed by atoms with Gasteiger partial charge < -0.3 is 14.6 Å². The van der Waals surface area contributed by atoms with Crippen LogP contribution in [0, 0.1) is 0 Å². The number of nitrogens with zero attached hydrogens (tertiary/aromatic N) is 1. The van der Waals surface area contributed by atoms with Gasteiger partial charge in [0, 0.05) is 6.07 Å². The average Bonchev–Trinajstić information content (AvgIpc) is 2.98. The van der Waals surface area contributed by atoms with E-state index in [9.17, 15) is 0 Å². The van der Waals surface area contributed by atoms with Gasteiger partial charge in [-0.1, -0.05) is 23.7 Å². The Morgan fingerprint density at radius 2 is 2.21 bits per heavy atom. The molecule has 0 spiro atoms. The number of methoxy groups -OCH3 is 1. The topological polar surface area (TPSA) is 47.3 Å². The summed E-state index contributed by atoms with van der Waals surface area (Å²) in [6, 6.07) is 10.2. The number of piperidine rings is 1. The third kappa shape index (κ3) is 2.49. The lowest BCUT2D eigenvalue weighted by Gasteiger charge is -2.20. The van der Waals surface area contributed by atoms with Crippen LogP contribution < -0.4 is 10.1 Å². The Kier molecular flexibility index (Phi) is 3.51. The van der Waals surface area contributed by atoms with Gasteiger partial charge in [-0.05, 0) is 31.5 Å². The fourth-order valence-electron chi connectivity index (χ4n) is 2.53. The molecule has 2 aromatic rings. The Bertz CT molecular complexity index is 545. The van der Waals surface area contributed by atoms with Crippen molar-refractivity contribution in [3.05, 3.63) is 36.0 Å². The normalized spacial score (nSPS) is 19.3. The summed E-state index contributed by atoms with van der Waals surface area (Å²) in [5.41, 5.74) is 1.93. The third-order valence-electron chi connectivity index (χ3n) is 3.57. The highest BCUT2D eigenvalue weighted by Gasteiger charge is 2.20. The zero-order chi connectivity index (χ0) is 13.1. The molecule has 1 N–H and O–H groups in total. The molecule has 1 aliphatic rings. The largest absolute Gasteiger partial charge is 0.496 e. The van der Waals surface area contributed by atoms with Crippen LogP contribution in [0.15, 0.2) is 34.9 Å². The van der Waals surface area contributed by atoms with Crippen molar-refractivity contribution in [3.63, 3.8) is 0 Å². The summed E-state index contributed by atoms with van der Waals surface area (Å²) in [4.78, 5) is 0. The van der Waals surface area contributed by atoms with E-state index in [0.717, 1.165) is 35.7 Å². The molecule has 1 aliphatic heterocycles. The summed E-state index contributed by atoms with van der Waals surface area (Å²) < 4.78 is 10.8. The van der Waals surface area contributed by atoms with Crippen LogP contribution in [0.1, 0.15) is 31.0 Å². The van der Waals surface area contributed by atoms with E-state index >= 15 is 0 Å². The van der Waals surface area contributed by atoms with Gasteiger partial charge in [-0.25, -0.2) is 0 Å². The maximum atomic E-state index is 5.48. The number of para-hydroxylation sites is 1. The summed E-state index contributed by atoms with van der Waals surface area (Å²) in [5.74, 6) is 1.57. The second-order valence-corrected chi connectivity index (χ2v) is 4.82. The van der Waals surface area contributed by atoms with Crippen LogP contribution in [0.4, 0.5) is 0 Å². The molecule has 1 aromatic heterocycles. The van der Waals surface area contributed by atoms with E-state index in [-0.39, 0.29) is 0 Å². The summed E-state index contributed by atoms with van der Waals surface area (Å²) in [7, 11) is 1.67. The van der Waals surface area contributed by atoms with E-state index in [2.05, 4.69) is 10.5 Å². The summed E-state index contributed by atoms with van der Waals surface area (Å²) in [5, 5.41) is 7.67. The number of hydrogen-bond donors (Lipinski definition) is 1. The van der Waals surface area contributed by atoms with Crippen molar-refractivity contribution in [2.75, 3.05) is 13.7 Å². The Balaban J connectivity index is 1.88. The molecule has 4 heteroatoms. The average molecular weight is 258 g/mol. The number of rotatable bonds is 3. The Morgan fingerprint density at radius 1 is 1.32 bits per heavy atom. The van der Waals surface area contributed by atoms with Crippen molar-refractivity contribution >= 4 is 0 Å². The predicted octanol–water partition coefficient (Wildman–Crippen LogP) is 3.16. The smallest absolute Gasteiger partial charge is 0.170 e. The zero-order valence-corrected chi connectivity index (χ0v) is 11.1. The number of benzene rings is 1. The van der Waals surface area contributed by atoms with E-state index in [1.54, 1.807) is 7.11 Å². The van der Waals surface area contributed by atoms with E-state index < -0.39 is 0 Å². The second-order valence-electron chi connectivity index (χ2n) is 4.82. The van der Waals surface area contributed by atoms with E-state index in [1.165, 1.54) is 12.8 Å². The van der Waals surface area contributed by atoms with Gasteiger partial charge in [0.15, 0.2) is 5.76 Å². The van der Waals surface area contributed by atoms with Crippen molar-refractivity contribution in [3.8, 4) is 17.1 Å². The van der Waals surface area contributed by atoms with Crippen LogP contribution in [-0.4, -0.2) is 18.8 Å². The molecule has 3 rings (SSSR count). The third-order valence-corrected chi connectivity index (χ3v) is 3.57. The fraction of sp³-hybridized carbons (Fsp3) is 0.400. The molecular weight excluding hydrogens is 240 g/mol. The number of aromatic nitrogens is 1. The van der Waals surface area contributed by atoms with Crippen molar-refractivity contribution in [1.82, 2.24) is 10.5 Å². The molecule has 100 valence electrons. The van der Waals surface area contributed by atoms with Crippen LogP contribution >= 0.6 is 0 Å². The minimum absolute atomic E-state index is 0.320. The van der Waals surface area contributed by atoms with Gasteiger partial charge in [-0.15, -0.1) is 0 Å². The minimum atomic E-state index is 0.320. The van der Waals surface area contributed by atoms with Crippen molar-refractivity contribution in [2.24, 2.45) is 0 Å². The summed E-state index contributed by atoms with van der Waals surface area (Å²) in [6.07, 6.45) is 3.61. The first-order valence-corrected chi connectivity index (χ1v) is 6.72. The lowest BCUT2D eigenvalue weighted by atomic mass is 10.0. The van der Waals surface area contributed by atoms with Gasteiger partial charge in [0.1, 0.15) is 11.4 Å². The summed E-state index contributed by atoms with van der Waals surface area (Å²) >= 11 is 0. The summed E-state index contributed by atoms with van der Waals surface area (Å²) in [6.45, 7) is 1.06. The van der Waals surface area contributed by atoms with Gasteiger partial charge in [-0.2, -0.15) is 0 Å². The van der Waals surface area contributed by atoms with Gasteiger partial charge >= 0.3 is 0 Å². The molecule has 0 saturated carbocycles. The molecule has 19 heavy (non-hydrogen) atoms. The Hall–Kier alpha value is -1.81. The maximum absolute atomic E-state index is 5.48. The first-order valence-electron chi connectivity index (χ1n) is 6.72. The van der Waals surface area contributed by atoms with Gasteiger partial charge in [0.2, 0.25) is 0 Å². The Morgan fingerprint density at radius 3 is 3.00 bits per heavy atom. The van der Waals surface area contributed by atoms with Gasteiger partial charge in [0.05, 0.1) is 18.7 Å². The Labute approximate surface area is 112 Å². The van der Waals surface area contributed by atoms with Gasteiger partial charge in [0.25, 0.3) is 0 Å². The molecule has 1 unspecified atom stereocenters. The van der Waals surface area contributed by atoms with E-state index in [4.69, 9.17) is 9.26 Å². The van der Waals surface area contributed by atoms with Crippen LogP contribution in [-0.2, 0) is 0 Å². The standard InChI is InChI=1S/C15H18N2O2/c1-18-14-8-3-2-6-11(14)15-10-13(17-19-15)12-7-4-5-9-16-12/h2-3,6,8,10,12,16H,4-5,7,9H2,1H3. The fourth-order valence-corrected chi connectivity index (χ4v) is 2.53. The molecular formula is C15H18N2O2. The van der Waals surface area contributed by atoms with Crippen LogP contribution in [0.2, 0.25) is 0 Å².